The first kappa shape index (κ1) is 31.0. The number of alkyl halides is 2. The molecule has 2 heterocycles. The third-order valence-electron chi connectivity index (χ3n) is 6.21. The topological polar surface area (TPSA) is 114 Å². The molecule has 1 atom stereocenters. The van der Waals surface area contributed by atoms with Crippen LogP contribution < -0.4 is 19.1 Å². The van der Waals surface area contributed by atoms with Crippen molar-refractivity contribution in [2.45, 2.75) is 32.0 Å². The molecule has 0 spiro atoms. The molecule has 224 valence electrons. The van der Waals surface area contributed by atoms with Gasteiger partial charge in [-0.2, -0.15) is 13.5 Å². The lowest BCUT2D eigenvalue weighted by atomic mass is 10.0. The molecule has 1 fully saturated rings. The average Bonchev–Trinajstić information content (AvgIpc) is 3.77. The fraction of sp³-hybridized carbons (Fsp3) is 0.357. The number of aromatic nitrogens is 2. The second-order valence-electron chi connectivity index (χ2n) is 9.69. The standard InChI is InChI=1S/C28H27Cl2F2N3O7/c1-34(2)25-8-6-18(11-33-25)27(37)40-15-26(36)41-23(10-19-20(29)12-35(38)13-21(19)30)17-5-7-22(42-28(31)32)24(9-17)39-14-16-3-4-16/h5-9,11-13,16,23,28H,3-4,10,14-15H2,1-2H3. The summed E-state index contributed by atoms with van der Waals surface area (Å²) < 4.78 is 47.6. The van der Waals surface area contributed by atoms with Crippen molar-refractivity contribution in [3.63, 3.8) is 0 Å². The van der Waals surface area contributed by atoms with Crippen LogP contribution in [0.5, 0.6) is 11.5 Å². The molecule has 0 saturated heterocycles. The van der Waals surface area contributed by atoms with Gasteiger partial charge in [-0.15, -0.1) is 0 Å². The SMILES string of the molecule is CN(C)c1ccc(C(=O)OCC(=O)OC(Cc2c(Cl)c[n+]([O-])cc2Cl)c2ccc(OC(F)F)c(OCC3CC3)c2)cn1. The summed E-state index contributed by atoms with van der Waals surface area (Å²) in [6.07, 6.45) is 4.21. The van der Waals surface area contributed by atoms with Gasteiger partial charge >= 0.3 is 18.6 Å². The Morgan fingerprint density at radius 2 is 1.83 bits per heavy atom. The van der Waals surface area contributed by atoms with Gasteiger partial charge in [0.1, 0.15) is 22.0 Å². The minimum absolute atomic E-state index is 0.0153. The summed E-state index contributed by atoms with van der Waals surface area (Å²) >= 11 is 12.5. The van der Waals surface area contributed by atoms with Crippen LogP contribution in [-0.2, 0) is 20.7 Å². The number of halogens is 4. The molecule has 0 radical (unpaired) electrons. The molecule has 1 saturated carbocycles. The number of esters is 2. The van der Waals surface area contributed by atoms with Crippen LogP contribution in [0.1, 0.15) is 40.4 Å². The Morgan fingerprint density at radius 3 is 2.43 bits per heavy atom. The number of ether oxygens (including phenoxy) is 4. The van der Waals surface area contributed by atoms with Gasteiger partial charge in [0.05, 0.1) is 12.2 Å². The van der Waals surface area contributed by atoms with Gasteiger partial charge in [0, 0.05) is 32.3 Å². The first-order chi connectivity index (χ1) is 20.0. The van der Waals surface area contributed by atoms with Crippen molar-refractivity contribution in [3.8, 4) is 11.5 Å². The molecule has 2 aromatic heterocycles. The van der Waals surface area contributed by atoms with Crippen LogP contribution in [0, 0.1) is 11.1 Å². The molecule has 4 rings (SSSR count). The summed E-state index contributed by atoms with van der Waals surface area (Å²) in [6.45, 7) is -3.52. The van der Waals surface area contributed by atoms with E-state index in [9.17, 15) is 23.6 Å². The average molecular weight is 626 g/mol. The Kier molecular flexibility index (Phi) is 10.2. The highest BCUT2D eigenvalue weighted by atomic mass is 35.5. The van der Waals surface area contributed by atoms with Gasteiger partial charge < -0.3 is 29.1 Å². The zero-order valence-corrected chi connectivity index (χ0v) is 24.1. The van der Waals surface area contributed by atoms with E-state index in [1.165, 1.54) is 30.5 Å². The maximum Gasteiger partial charge on any atom is 0.387 e. The Labute approximate surface area is 250 Å². The van der Waals surface area contributed by atoms with Crippen LogP contribution in [0.25, 0.3) is 0 Å². The van der Waals surface area contributed by atoms with Crippen molar-refractivity contribution in [3.05, 3.63) is 80.9 Å². The van der Waals surface area contributed by atoms with Gasteiger partial charge in [-0.25, -0.2) is 14.6 Å². The molecule has 0 amide bonds. The van der Waals surface area contributed by atoms with Crippen molar-refractivity contribution in [1.82, 2.24) is 4.98 Å². The molecule has 0 bridgehead atoms. The second-order valence-corrected chi connectivity index (χ2v) is 10.5. The van der Waals surface area contributed by atoms with Crippen LogP contribution in [0.2, 0.25) is 10.0 Å². The number of rotatable bonds is 13. The van der Waals surface area contributed by atoms with Crippen LogP contribution in [0.3, 0.4) is 0 Å². The summed E-state index contributed by atoms with van der Waals surface area (Å²) in [4.78, 5) is 31.2. The summed E-state index contributed by atoms with van der Waals surface area (Å²) in [5, 5.41) is 11.8. The first-order valence-electron chi connectivity index (χ1n) is 12.8. The molecule has 3 aromatic rings. The zero-order chi connectivity index (χ0) is 30.4. The lowest BCUT2D eigenvalue weighted by Gasteiger charge is -2.21. The maximum absolute atomic E-state index is 13.0. The molecule has 0 aliphatic heterocycles. The predicted molar refractivity (Wildman–Crippen MR) is 148 cm³/mol. The van der Waals surface area contributed by atoms with Crippen molar-refractivity contribution >= 4 is 41.0 Å². The van der Waals surface area contributed by atoms with E-state index in [-0.39, 0.29) is 33.5 Å². The van der Waals surface area contributed by atoms with Gasteiger partial charge in [0.2, 0.25) is 0 Å². The van der Waals surface area contributed by atoms with Crippen LogP contribution in [0.4, 0.5) is 14.6 Å². The number of anilines is 1. The third kappa shape index (κ3) is 8.56. The van der Waals surface area contributed by atoms with Gasteiger partial charge in [0.15, 0.2) is 30.5 Å². The molecular formula is C28H27Cl2F2N3O7. The summed E-state index contributed by atoms with van der Waals surface area (Å²) in [6, 6.07) is 7.23. The highest BCUT2D eigenvalue weighted by molar-refractivity contribution is 6.35. The number of nitrogens with zero attached hydrogens (tertiary/aromatic N) is 3. The molecule has 0 N–H and O–H groups in total. The highest BCUT2D eigenvalue weighted by Gasteiger charge is 2.27. The summed E-state index contributed by atoms with van der Waals surface area (Å²) in [5.41, 5.74) is 0.753. The fourth-order valence-electron chi connectivity index (χ4n) is 3.83. The van der Waals surface area contributed by atoms with E-state index >= 15 is 0 Å². The van der Waals surface area contributed by atoms with Crippen LogP contribution >= 0.6 is 23.2 Å². The minimum Gasteiger partial charge on any atom is -0.619 e. The van der Waals surface area contributed by atoms with E-state index in [0.717, 1.165) is 25.2 Å². The fourth-order valence-corrected chi connectivity index (χ4v) is 4.43. The third-order valence-corrected chi connectivity index (χ3v) is 6.86. The second kappa shape index (κ2) is 13.8. The van der Waals surface area contributed by atoms with Gasteiger partial charge in [0.25, 0.3) is 0 Å². The molecular weight excluding hydrogens is 599 g/mol. The van der Waals surface area contributed by atoms with Gasteiger partial charge in [-0.1, -0.05) is 29.3 Å². The summed E-state index contributed by atoms with van der Waals surface area (Å²) in [5.74, 6) is -0.929. The minimum atomic E-state index is -3.09. The number of hydrogen-bond acceptors (Lipinski definition) is 9. The predicted octanol–water partition coefficient (Wildman–Crippen LogP) is 5.16. The lowest BCUT2D eigenvalue weighted by molar-refractivity contribution is -0.605. The van der Waals surface area contributed by atoms with E-state index < -0.39 is 31.3 Å². The zero-order valence-electron chi connectivity index (χ0n) is 22.6. The Hall–Kier alpha value is -3.90. The van der Waals surface area contributed by atoms with E-state index in [0.29, 0.717) is 34.2 Å². The van der Waals surface area contributed by atoms with Gasteiger partial charge in [-0.3, -0.25) is 0 Å². The van der Waals surface area contributed by atoms with Crippen LogP contribution in [0.15, 0.2) is 48.9 Å². The molecule has 1 aromatic carbocycles. The molecule has 10 nitrogen and oxygen atoms in total. The number of hydrogen-bond donors (Lipinski definition) is 0. The monoisotopic (exact) mass is 625 g/mol. The Balaban J connectivity index is 1.55. The van der Waals surface area contributed by atoms with E-state index in [1.807, 2.05) is 0 Å². The van der Waals surface area contributed by atoms with Crippen molar-refractivity contribution in [2.75, 3.05) is 32.2 Å². The number of carbonyl (C=O) groups is 2. The van der Waals surface area contributed by atoms with Crippen molar-refractivity contribution < 1.29 is 42.0 Å². The lowest BCUT2D eigenvalue weighted by Crippen LogP contribution is -2.26. The maximum atomic E-state index is 13.0. The largest absolute Gasteiger partial charge is 0.619 e. The number of carbonyl (C=O) groups excluding carboxylic acids is 2. The Bertz CT molecular complexity index is 1400. The molecule has 1 unspecified atom stereocenters. The Morgan fingerprint density at radius 1 is 1.12 bits per heavy atom. The number of pyridine rings is 2. The number of benzene rings is 1. The molecule has 1 aliphatic rings. The normalized spacial score (nSPS) is 13.4. The molecule has 14 heteroatoms. The highest BCUT2D eigenvalue weighted by Crippen LogP contribution is 2.37. The quantitative estimate of drug-likeness (QED) is 0.144. The first-order valence-corrected chi connectivity index (χ1v) is 13.5. The van der Waals surface area contributed by atoms with Crippen LogP contribution in [-0.4, -0.2) is 50.8 Å². The van der Waals surface area contributed by atoms with Crippen molar-refractivity contribution in [1.29, 1.82) is 0 Å². The van der Waals surface area contributed by atoms with E-state index in [2.05, 4.69) is 9.72 Å². The van der Waals surface area contributed by atoms with E-state index in [1.54, 1.807) is 25.1 Å². The van der Waals surface area contributed by atoms with Crippen molar-refractivity contribution in [2.24, 2.45) is 5.92 Å². The molecule has 1 aliphatic carbocycles. The molecule has 42 heavy (non-hydrogen) atoms. The van der Waals surface area contributed by atoms with Gasteiger partial charge in [-0.05, 0) is 48.6 Å². The smallest absolute Gasteiger partial charge is 0.387 e. The van der Waals surface area contributed by atoms with E-state index in [4.69, 9.17) is 37.4 Å². The summed E-state index contributed by atoms with van der Waals surface area (Å²) in [7, 11) is 3.59.